The van der Waals surface area contributed by atoms with E-state index in [2.05, 4.69) is 19.2 Å². The fourth-order valence-electron chi connectivity index (χ4n) is 2.13. The molecule has 0 fully saturated rings. The van der Waals surface area contributed by atoms with Gasteiger partial charge in [0, 0.05) is 27.9 Å². The molecule has 0 saturated carbocycles. The van der Waals surface area contributed by atoms with Gasteiger partial charge in [-0.25, -0.2) is 5.84 Å². The Morgan fingerprint density at radius 2 is 2.23 bits per heavy atom. The van der Waals surface area contributed by atoms with Crippen molar-refractivity contribution >= 4 is 11.6 Å². The number of hydrazine groups is 1. The summed E-state index contributed by atoms with van der Waals surface area (Å²) in [5.74, 6) is 6.96. The third-order valence-electron chi connectivity index (χ3n) is 3.56. The van der Waals surface area contributed by atoms with Crippen molar-refractivity contribution in [3.8, 4) is 0 Å². The molecule has 22 heavy (non-hydrogen) atoms. The number of hydrogen-bond acceptors (Lipinski definition) is 4. The molecular weight excluding hydrogens is 300 g/mol. The fraction of sp³-hybridized carbons (Fsp3) is 0.312. The van der Waals surface area contributed by atoms with E-state index in [4.69, 9.17) is 22.3 Å². The van der Waals surface area contributed by atoms with Crippen LogP contribution in [0.15, 0.2) is 58.8 Å². The minimum absolute atomic E-state index is 0.617. The average molecular weight is 322 g/mol. The summed E-state index contributed by atoms with van der Waals surface area (Å²) in [6, 6.07) is 3.94. The van der Waals surface area contributed by atoms with E-state index in [9.17, 15) is 0 Å². The normalized spacial score (nSPS) is 16.9. The molecule has 0 saturated heterocycles. The highest BCUT2D eigenvalue weighted by molar-refractivity contribution is 6.31. The van der Waals surface area contributed by atoms with Gasteiger partial charge in [-0.05, 0) is 37.1 Å². The van der Waals surface area contributed by atoms with Gasteiger partial charge in [0.05, 0.1) is 5.70 Å². The predicted molar refractivity (Wildman–Crippen MR) is 87.0 cm³/mol. The molecule has 3 N–H and O–H groups in total. The van der Waals surface area contributed by atoms with Crippen LogP contribution in [0.1, 0.15) is 25.8 Å². The topological polar surface area (TPSA) is 54.4 Å². The van der Waals surface area contributed by atoms with E-state index < -0.39 is 0 Å². The Morgan fingerprint density at radius 1 is 1.45 bits per heavy atom. The molecule has 0 spiro atoms. The minimum Gasteiger partial charge on any atom is -0.366 e. The summed E-state index contributed by atoms with van der Waals surface area (Å²) < 4.78 is 1.64. The number of allylic oxidation sites excluding steroid dienone is 4. The van der Waals surface area contributed by atoms with Crippen LogP contribution >= 0.6 is 11.6 Å². The molecule has 1 aliphatic rings. The third-order valence-corrected chi connectivity index (χ3v) is 3.77. The van der Waals surface area contributed by atoms with E-state index in [1.807, 2.05) is 36.7 Å². The molecule has 0 unspecified atom stereocenters. The quantitative estimate of drug-likeness (QED) is 0.643. The zero-order valence-corrected chi connectivity index (χ0v) is 13.9. The lowest BCUT2D eigenvalue weighted by Gasteiger charge is -2.28. The zero-order chi connectivity index (χ0) is 16.1. The first-order valence-corrected chi connectivity index (χ1v) is 7.55. The molecule has 0 atom stereocenters. The van der Waals surface area contributed by atoms with Crippen molar-refractivity contribution in [3.05, 3.63) is 64.4 Å². The maximum atomic E-state index is 6.21. The van der Waals surface area contributed by atoms with E-state index in [1.54, 1.807) is 16.8 Å². The number of rotatable bonds is 5. The van der Waals surface area contributed by atoms with Gasteiger partial charge in [0.1, 0.15) is 12.9 Å². The van der Waals surface area contributed by atoms with Crippen LogP contribution in [0.2, 0.25) is 0 Å². The van der Waals surface area contributed by atoms with Gasteiger partial charge in [-0.1, -0.05) is 18.5 Å². The van der Waals surface area contributed by atoms with Crippen molar-refractivity contribution in [1.29, 1.82) is 0 Å². The zero-order valence-electron chi connectivity index (χ0n) is 13.1. The van der Waals surface area contributed by atoms with Crippen LogP contribution in [-0.4, -0.2) is 12.1 Å². The molecular formula is C16H22ClN4O+. The number of halogens is 1. The number of aromatic nitrogens is 1. The van der Waals surface area contributed by atoms with Gasteiger partial charge in [0.15, 0.2) is 0 Å². The van der Waals surface area contributed by atoms with Crippen molar-refractivity contribution in [2.24, 2.45) is 5.84 Å². The van der Waals surface area contributed by atoms with Crippen LogP contribution in [0.5, 0.6) is 0 Å². The molecule has 6 heteroatoms. The SMILES string of the molecule is CC/C(C)=C1\C=C(Cl)C=C(NCc2ccc[n+](OC)c2)N1N. The summed E-state index contributed by atoms with van der Waals surface area (Å²) in [6.07, 6.45) is 8.37. The summed E-state index contributed by atoms with van der Waals surface area (Å²) in [4.78, 5) is 5.15. The summed E-state index contributed by atoms with van der Waals surface area (Å²) in [6.45, 7) is 4.76. The molecule has 5 nitrogen and oxygen atoms in total. The van der Waals surface area contributed by atoms with E-state index in [0.717, 1.165) is 23.5 Å². The van der Waals surface area contributed by atoms with Crippen LogP contribution in [0.3, 0.4) is 0 Å². The number of pyridine rings is 1. The molecule has 0 aromatic carbocycles. The summed E-state index contributed by atoms with van der Waals surface area (Å²) in [5.41, 5.74) is 3.18. The molecule has 1 aromatic heterocycles. The highest BCUT2D eigenvalue weighted by atomic mass is 35.5. The Labute approximate surface area is 136 Å². The lowest BCUT2D eigenvalue weighted by atomic mass is 10.1. The standard InChI is InChI=1S/C16H22ClN4O/c1-4-12(2)15-8-14(17)9-16(21(15)18)19-10-13-6-5-7-20(11-13)22-3/h5-9,11,19H,4,10,18H2,1-3H3/q+1/b15-12+. The van der Waals surface area contributed by atoms with Gasteiger partial charge >= 0.3 is 0 Å². The van der Waals surface area contributed by atoms with Crippen LogP contribution in [0.4, 0.5) is 0 Å². The number of nitrogens with two attached hydrogens (primary N) is 1. The Kier molecular flexibility index (Phi) is 5.46. The second-order valence-corrected chi connectivity index (χ2v) is 5.49. The van der Waals surface area contributed by atoms with Crippen molar-refractivity contribution in [2.45, 2.75) is 26.8 Å². The first-order chi connectivity index (χ1) is 10.5. The van der Waals surface area contributed by atoms with Crippen LogP contribution in [0, 0.1) is 0 Å². The van der Waals surface area contributed by atoms with Crippen molar-refractivity contribution in [3.63, 3.8) is 0 Å². The second-order valence-electron chi connectivity index (χ2n) is 5.06. The van der Waals surface area contributed by atoms with Crippen LogP contribution < -0.4 is 20.7 Å². The van der Waals surface area contributed by atoms with Gasteiger partial charge < -0.3 is 5.32 Å². The Bertz CT molecular complexity index is 637. The number of nitrogens with one attached hydrogen (secondary N) is 1. The van der Waals surface area contributed by atoms with Crippen LogP contribution in [0.25, 0.3) is 0 Å². The molecule has 2 heterocycles. The summed E-state index contributed by atoms with van der Waals surface area (Å²) in [7, 11) is 1.62. The Hall–Kier alpha value is -1.98. The van der Waals surface area contributed by atoms with E-state index in [-0.39, 0.29) is 0 Å². The highest BCUT2D eigenvalue weighted by Crippen LogP contribution is 2.24. The summed E-state index contributed by atoms with van der Waals surface area (Å²) in [5, 5.41) is 5.61. The largest absolute Gasteiger partial charge is 0.366 e. The molecule has 2 rings (SSSR count). The van der Waals surface area contributed by atoms with Gasteiger partial charge in [0.25, 0.3) is 0 Å². The summed E-state index contributed by atoms with van der Waals surface area (Å²) >= 11 is 6.21. The van der Waals surface area contributed by atoms with E-state index in [1.165, 1.54) is 5.57 Å². The number of nitrogens with zero attached hydrogens (tertiary/aromatic N) is 2. The number of hydrogen-bond donors (Lipinski definition) is 2. The van der Waals surface area contributed by atoms with E-state index in [0.29, 0.717) is 11.6 Å². The average Bonchev–Trinajstić information content (AvgIpc) is 2.54. The van der Waals surface area contributed by atoms with Gasteiger partial charge in [-0.15, -0.1) is 0 Å². The Balaban J connectivity index is 2.13. The highest BCUT2D eigenvalue weighted by Gasteiger charge is 2.17. The first kappa shape index (κ1) is 16.4. The lowest BCUT2D eigenvalue weighted by Crippen LogP contribution is -2.41. The third kappa shape index (κ3) is 3.81. The second kappa shape index (κ2) is 7.33. The van der Waals surface area contributed by atoms with E-state index >= 15 is 0 Å². The maximum Gasteiger partial charge on any atom is 0.227 e. The van der Waals surface area contributed by atoms with Crippen LogP contribution in [-0.2, 0) is 6.54 Å². The Morgan fingerprint density at radius 3 is 2.91 bits per heavy atom. The molecule has 0 radical (unpaired) electrons. The minimum atomic E-state index is 0.617. The van der Waals surface area contributed by atoms with Crippen molar-refractivity contribution < 1.29 is 9.57 Å². The first-order valence-electron chi connectivity index (χ1n) is 7.17. The predicted octanol–water partition coefficient (Wildman–Crippen LogP) is 1.96. The molecule has 1 aromatic rings. The smallest absolute Gasteiger partial charge is 0.227 e. The lowest BCUT2D eigenvalue weighted by molar-refractivity contribution is -0.885. The molecule has 118 valence electrons. The molecule has 0 bridgehead atoms. The van der Waals surface area contributed by atoms with Crippen molar-refractivity contribution in [2.75, 3.05) is 7.11 Å². The maximum absolute atomic E-state index is 6.21. The van der Waals surface area contributed by atoms with Gasteiger partial charge in [-0.3, -0.25) is 9.85 Å². The molecule has 1 aliphatic heterocycles. The van der Waals surface area contributed by atoms with Crippen molar-refractivity contribution in [1.82, 2.24) is 10.3 Å². The fourth-order valence-corrected chi connectivity index (χ4v) is 2.34. The van der Waals surface area contributed by atoms with Gasteiger partial charge in [0.2, 0.25) is 12.4 Å². The molecule has 0 aliphatic carbocycles. The van der Waals surface area contributed by atoms with Gasteiger partial charge in [-0.2, -0.15) is 0 Å². The molecule has 0 amide bonds. The monoisotopic (exact) mass is 321 g/mol.